The zero-order chi connectivity index (χ0) is 22.6. The van der Waals surface area contributed by atoms with E-state index >= 15 is 0 Å². The van der Waals surface area contributed by atoms with Crippen molar-refractivity contribution < 1.29 is 13.2 Å². The van der Waals surface area contributed by atoms with E-state index < -0.39 is 10.0 Å². The maximum absolute atomic E-state index is 13.1. The van der Waals surface area contributed by atoms with Gasteiger partial charge in [-0.1, -0.05) is 41.1 Å². The van der Waals surface area contributed by atoms with Gasteiger partial charge in [-0.2, -0.15) is 0 Å². The molecule has 0 bridgehead atoms. The molecule has 0 radical (unpaired) electrons. The van der Waals surface area contributed by atoms with Crippen LogP contribution in [0, 0.1) is 6.92 Å². The van der Waals surface area contributed by atoms with Crippen LogP contribution in [-0.2, 0) is 16.4 Å². The number of nitrogens with one attached hydrogen (secondary N) is 1. The summed E-state index contributed by atoms with van der Waals surface area (Å²) in [6, 6.07) is 11.5. The van der Waals surface area contributed by atoms with Crippen LogP contribution in [0.2, 0.25) is 5.02 Å². The number of carbonyl (C=O) groups is 1. The summed E-state index contributed by atoms with van der Waals surface area (Å²) in [5.41, 5.74) is 3.80. The Bertz CT molecular complexity index is 1150. The van der Waals surface area contributed by atoms with Crippen LogP contribution < -0.4 is 9.62 Å². The molecule has 0 aliphatic rings. The number of aryl methyl sites for hydroxylation is 1. The summed E-state index contributed by atoms with van der Waals surface area (Å²) in [5.74, 6) is -0.191. The van der Waals surface area contributed by atoms with E-state index in [2.05, 4.69) is 15.5 Å². The van der Waals surface area contributed by atoms with Gasteiger partial charge in [0, 0.05) is 23.2 Å². The Hall–Kier alpha value is -2.49. The maximum Gasteiger partial charge on any atom is 0.266 e. The molecular weight excluding hydrogens is 456 g/mol. The highest BCUT2D eigenvalue weighted by atomic mass is 35.5. The number of aromatic nitrogens is 2. The number of amides is 1. The number of hydrogen-bond donors (Lipinski definition) is 1. The summed E-state index contributed by atoms with van der Waals surface area (Å²) in [7, 11) is -3.76. The molecule has 164 valence electrons. The molecule has 2 aromatic carbocycles. The molecule has 31 heavy (non-hydrogen) atoms. The molecule has 10 heteroatoms. The highest BCUT2D eigenvalue weighted by molar-refractivity contribution is 7.93. The van der Waals surface area contributed by atoms with Gasteiger partial charge in [-0.15, -0.1) is 10.2 Å². The van der Waals surface area contributed by atoms with Crippen LogP contribution >= 0.6 is 22.9 Å². The zero-order valence-electron chi connectivity index (χ0n) is 17.4. The van der Waals surface area contributed by atoms with Crippen LogP contribution in [0.1, 0.15) is 35.3 Å². The third kappa shape index (κ3) is 5.41. The number of benzene rings is 2. The first-order valence-corrected chi connectivity index (χ1v) is 12.3. The zero-order valence-corrected chi connectivity index (χ0v) is 19.8. The van der Waals surface area contributed by atoms with Crippen molar-refractivity contribution in [3.8, 4) is 0 Å². The summed E-state index contributed by atoms with van der Waals surface area (Å²) < 4.78 is 27.5. The number of halogens is 1. The minimum Gasteiger partial charge on any atom is -0.352 e. The fourth-order valence-electron chi connectivity index (χ4n) is 3.06. The Morgan fingerprint density at radius 2 is 1.90 bits per heavy atom. The molecule has 3 rings (SSSR count). The Morgan fingerprint density at radius 1 is 1.19 bits per heavy atom. The molecule has 1 amide bonds. The van der Waals surface area contributed by atoms with E-state index in [1.165, 1.54) is 21.2 Å². The van der Waals surface area contributed by atoms with Gasteiger partial charge in [0.1, 0.15) is 5.51 Å². The molecule has 0 fully saturated rings. The predicted octanol–water partition coefficient (Wildman–Crippen LogP) is 4.08. The van der Waals surface area contributed by atoms with Crippen molar-refractivity contribution in [3.63, 3.8) is 0 Å². The van der Waals surface area contributed by atoms with Crippen LogP contribution in [0.15, 0.2) is 52.9 Å². The lowest BCUT2D eigenvalue weighted by molar-refractivity contribution is 0.0953. The number of nitrogens with zero attached hydrogens (tertiary/aromatic N) is 3. The minimum atomic E-state index is -3.76. The number of carbonyl (C=O) groups excluding carboxylic acids is 1. The number of anilines is 1. The second kappa shape index (κ2) is 9.76. The molecule has 3 aromatic rings. The Morgan fingerprint density at radius 3 is 2.52 bits per heavy atom. The normalized spacial score (nSPS) is 11.5. The van der Waals surface area contributed by atoms with E-state index in [4.69, 9.17) is 11.6 Å². The number of sulfonamides is 1. The first kappa shape index (κ1) is 23.2. The molecule has 0 aliphatic carbocycles. The van der Waals surface area contributed by atoms with Crippen LogP contribution in [0.5, 0.6) is 0 Å². The van der Waals surface area contributed by atoms with E-state index in [1.54, 1.807) is 56.3 Å². The number of hydrogen-bond acceptors (Lipinski definition) is 6. The van der Waals surface area contributed by atoms with Crippen molar-refractivity contribution in [3.05, 3.63) is 69.7 Å². The quantitative estimate of drug-likeness (QED) is 0.526. The van der Waals surface area contributed by atoms with Gasteiger partial charge in [0.25, 0.3) is 15.9 Å². The Labute approximate surface area is 191 Å². The molecule has 0 atom stereocenters. The van der Waals surface area contributed by atoms with E-state index in [9.17, 15) is 13.2 Å². The van der Waals surface area contributed by atoms with Crippen molar-refractivity contribution in [1.29, 1.82) is 0 Å². The minimum absolute atomic E-state index is 0.179. The highest BCUT2D eigenvalue weighted by Gasteiger charge is 2.29. The first-order chi connectivity index (χ1) is 14.7. The molecule has 0 saturated carbocycles. The van der Waals surface area contributed by atoms with E-state index in [-0.39, 0.29) is 16.8 Å². The SMILES string of the molecule is Cc1ccc(Cl)cc1C(=O)NCCc1ccc(S(=O)(=O)N(c2nncs2)C(C)C)cc1. The van der Waals surface area contributed by atoms with E-state index in [0.717, 1.165) is 11.1 Å². The molecule has 1 aromatic heterocycles. The van der Waals surface area contributed by atoms with Crippen LogP contribution in [0.4, 0.5) is 5.13 Å². The van der Waals surface area contributed by atoms with Gasteiger partial charge in [-0.05, 0) is 62.6 Å². The molecule has 1 N–H and O–H groups in total. The summed E-state index contributed by atoms with van der Waals surface area (Å²) in [4.78, 5) is 12.6. The smallest absolute Gasteiger partial charge is 0.266 e. The number of rotatable bonds is 8. The third-order valence-electron chi connectivity index (χ3n) is 4.63. The predicted molar refractivity (Wildman–Crippen MR) is 123 cm³/mol. The van der Waals surface area contributed by atoms with E-state index in [0.29, 0.717) is 28.7 Å². The standard InChI is InChI=1S/C21H23ClN4O3S2/c1-14(2)26(21-25-24-13-30-21)31(28,29)18-8-5-16(6-9-18)10-11-23-20(27)19-12-17(22)7-4-15(19)3/h4-9,12-14H,10-11H2,1-3H3,(H,23,27). The van der Waals surface area contributed by atoms with Gasteiger partial charge in [0.05, 0.1) is 4.90 Å². The van der Waals surface area contributed by atoms with Gasteiger partial charge >= 0.3 is 0 Å². The lowest BCUT2D eigenvalue weighted by Crippen LogP contribution is -2.37. The van der Waals surface area contributed by atoms with Crippen molar-refractivity contribution in [2.24, 2.45) is 0 Å². The molecule has 7 nitrogen and oxygen atoms in total. The van der Waals surface area contributed by atoms with Crippen molar-refractivity contribution in [1.82, 2.24) is 15.5 Å². The Kier molecular flexibility index (Phi) is 7.30. The molecule has 0 unspecified atom stereocenters. The summed E-state index contributed by atoms with van der Waals surface area (Å²) in [6.07, 6.45) is 0.565. The lowest BCUT2D eigenvalue weighted by atomic mass is 10.1. The van der Waals surface area contributed by atoms with Crippen LogP contribution in [0.25, 0.3) is 0 Å². The molecule has 0 saturated heterocycles. The average Bonchev–Trinajstić information content (AvgIpc) is 3.23. The second-order valence-corrected chi connectivity index (χ2v) is 10.3. The molecular formula is C21H23ClN4O3S2. The summed E-state index contributed by atoms with van der Waals surface area (Å²) in [5, 5.41) is 11.4. The third-order valence-corrected chi connectivity index (χ3v) is 7.65. The fourth-order valence-corrected chi connectivity index (χ4v) is 5.76. The van der Waals surface area contributed by atoms with Crippen LogP contribution in [0.3, 0.4) is 0 Å². The average molecular weight is 479 g/mol. The topological polar surface area (TPSA) is 92.3 Å². The summed E-state index contributed by atoms with van der Waals surface area (Å²) >= 11 is 7.15. The lowest BCUT2D eigenvalue weighted by Gasteiger charge is -2.25. The Balaban J connectivity index is 1.66. The highest BCUT2D eigenvalue weighted by Crippen LogP contribution is 2.27. The fraction of sp³-hybridized carbons (Fsp3) is 0.286. The van der Waals surface area contributed by atoms with Crippen molar-refractivity contribution >= 4 is 44.0 Å². The van der Waals surface area contributed by atoms with Gasteiger partial charge < -0.3 is 5.32 Å². The van der Waals surface area contributed by atoms with Gasteiger partial charge in [0.2, 0.25) is 5.13 Å². The van der Waals surface area contributed by atoms with Gasteiger partial charge in [0.15, 0.2) is 0 Å². The largest absolute Gasteiger partial charge is 0.352 e. The monoisotopic (exact) mass is 478 g/mol. The second-order valence-electron chi connectivity index (χ2n) is 7.23. The van der Waals surface area contributed by atoms with Crippen molar-refractivity contribution in [2.45, 2.75) is 38.1 Å². The summed E-state index contributed by atoms with van der Waals surface area (Å²) in [6.45, 7) is 5.85. The molecule has 1 heterocycles. The van der Waals surface area contributed by atoms with Crippen molar-refractivity contribution in [2.75, 3.05) is 10.8 Å². The molecule has 0 aliphatic heterocycles. The van der Waals surface area contributed by atoms with Gasteiger partial charge in [-0.25, -0.2) is 12.7 Å². The maximum atomic E-state index is 13.1. The van der Waals surface area contributed by atoms with Crippen LogP contribution in [-0.4, -0.2) is 37.1 Å². The molecule has 0 spiro atoms. The van der Waals surface area contributed by atoms with E-state index in [1.807, 2.05) is 6.92 Å². The first-order valence-electron chi connectivity index (χ1n) is 9.64. The van der Waals surface area contributed by atoms with Gasteiger partial charge in [-0.3, -0.25) is 4.79 Å².